The van der Waals surface area contributed by atoms with Crippen molar-refractivity contribution in [1.29, 1.82) is 0 Å². The number of aromatic nitrogens is 1. The minimum Gasteiger partial charge on any atom is -0.494 e. The molecule has 1 N–H and O–H groups in total. The molecule has 0 unspecified atom stereocenters. The van der Waals surface area contributed by atoms with Crippen molar-refractivity contribution in [2.75, 3.05) is 30.5 Å². The second kappa shape index (κ2) is 9.80. The van der Waals surface area contributed by atoms with Gasteiger partial charge in [-0.25, -0.2) is 0 Å². The molecule has 2 aromatic heterocycles. The van der Waals surface area contributed by atoms with Crippen LogP contribution in [0.3, 0.4) is 0 Å². The molecule has 2 atom stereocenters. The molecule has 1 aliphatic heterocycles. The van der Waals surface area contributed by atoms with Gasteiger partial charge in [0, 0.05) is 37.2 Å². The van der Waals surface area contributed by atoms with Crippen LogP contribution in [0.25, 0.3) is 11.3 Å². The number of furan rings is 1. The number of pyridine rings is 1. The fourth-order valence-electron chi connectivity index (χ4n) is 4.38. The molecular weight excluding hydrogens is 456 g/mol. The molecule has 0 amide bonds. The predicted molar refractivity (Wildman–Crippen MR) is 144 cm³/mol. The maximum Gasteiger partial charge on any atom is 0.174 e. The standard InChI is InChI=1S/C28H28N4O2S/c1-4-33-22-14-8-19(9-15-22)24-16-17-25(34-24)27-26(23-7-5-6-18-29-23)30-28(35)32(27)21-12-10-20(11-13-21)31(2)3/h5-18,26-27H,4H2,1-3H3,(H,30,35)/t26-,27+/m0/s1. The molecule has 0 radical (unpaired) electrons. The highest BCUT2D eigenvalue weighted by Gasteiger charge is 2.42. The van der Waals surface area contributed by atoms with Crippen LogP contribution in [0.5, 0.6) is 5.75 Å². The van der Waals surface area contributed by atoms with Gasteiger partial charge in [-0.15, -0.1) is 0 Å². The quantitative estimate of drug-likeness (QED) is 0.324. The smallest absolute Gasteiger partial charge is 0.174 e. The first kappa shape index (κ1) is 22.9. The molecule has 0 bridgehead atoms. The van der Waals surface area contributed by atoms with E-state index in [4.69, 9.17) is 21.4 Å². The fraction of sp³-hybridized carbons (Fsp3) is 0.214. The van der Waals surface area contributed by atoms with E-state index < -0.39 is 0 Å². The SMILES string of the molecule is CCOc1ccc(-c2ccc([C@@H]3[C@H](c4ccccn4)NC(=S)N3c3ccc(N(C)C)cc3)o2)cc1. The molecule has 0 aliphatic carbocycles. The molecule has 178 valence electrons. The lowest BCUT2D eigenvalue weighted by atomic mass is 10.0. The number of nitrogens with one attached hydrogen (secondary N) is 1. The number of ether oxygens (including phenoxy) is 1. The first-order chi connectivity index (χ1) is 17.0. The zero-order valence-corrected chi connectivity index (χ0v) is 20.8. The summed E-state index contributed by atoms with van der Waals surface area (Å²) in [5.41, 5.74) is 4.02. The number of hydrogen-bond acceptors (Lipinski definition) is 5. The summed E-state index contributed by atoms with van der Waals surface area (Å²) in [7, 11) is 4.06. The third-order valence-electron chi connectivity index (χ3n) is 6.11. The fourth-order valence-corrected chi connectivity index (χ4v) is 4.73. The summed E-state index contributed by atoms with van der Waals surface area (Å²) in [6, 6.07) is 25.9. The van der Waals surface area contributed by atoms with Crippen molar-refractivity contribution in [2.45, 2.75) is 19.0 Å². The summed E-state index contributed by atoms with van der Waals surface area (Å²) in [5, 5.41) is 4.12. The highest BCUT2D eigenvalue weighted by molar-refractivity contribution is 7.80. The number of anilines is 2. The van der Waals surface area contributed by atoms with Gasteiger partial charge in [-0.3, -0.25) is 4.98 Å². The Hall–Kier alpha value is -3.84. The Morgan fingerprint density at radius 1 is 1.00 bits per heavy atom. The van der Waals surface area contributed by atoms with Crippen LogP contribution >= 0.6 is 12.2 Å². The normalized spacial score (nSPS) is 17.3. The molecule has 1 saturated heterocycles. The van der Waals surface area contributed by atoms with Gasteiger partial charge in [0.2, 0.25) is 0 Å². The third-order valence-corrected chi connectivity index (χ3v) is 6.43. The lowest BCUT2D eigenvalue weighted by Crippen LogP contribution is -2.29. The Morgan fingerprint density at radius 3 is 2.43 bits per heavy atom. The Kier molecular flexibility index (Phi) is 6.42. The van der Waals surface area contributed by atoms with Crippen molar-refractivity contribution in [3.05, 3.63) is 96.5 Å². The predicted octanol–water partition coefficient (Wildman–Crippen LogP) is 5.98. The van der Waals surface area contributed by atoms with Crippen LogP contribution in [0.15, 0.2) is 89.5 Å². The molecule has 2 aromatic carbocycles. The average molecular weight is 485 g/mol. The molecule has 6 nitrogen and oxygen atoms in total. The van der Waals surface area contributed by atoms with Crippen molar-refractivity contribution in [2.24, 2.45) is 0 Å². The molecule has 3 heterocycles. The largest absolute Gasteiger partial charge is 0.494 e. The van der Waals surface area contributed by atoms with Gasteiger partial charge < -0.3 is 24.3 Å². The summed E-state index contributed by atoms with van der Waals surface area (Å²) in [5.74, 6) is 2.45. The van der Waals surface area contributed by atoms with Crippen LogP contribution in [0.1, 0.15) is 30.5 Å². The molecule has 5 rings (SSSR count). The van der Waals surface area contributed by atoms with Gasteiger partial charge in [0.15, 0.2) is 5.11 Å². The van der Waals surface area contributed by atoms with Gasteiger partial charge in [0.25, 0.3) is 0 Å². The number of thiocarbonyl (C=S) groups is 1. The van der Waals surface area contributed by atoms with E-state index in [-0.39, 0.29) is 12.1 Å². The lowest BCUT2D eigenvalue weighted by Gasteiger charge is -2.26. The maximum atomic E-state index is 6.45. The summed E-state index contributed by atoms with van der Waals surface area (Å²) in [4.78, 5) is 8.81. The minimum atomic E-state index is -0.195. The van der Waals surface area contributed by atoms with E-state index in [9.17, 15) is 0 Å². The van der Waals surface area contributed by atoms with E-state index >= 15 is 0 Å². The molecule has 1 aliphatic rings. The number of benzene rings is 2. The Morgan fingerprint density at radius 2 is 1.77 bits per heavy atom. The number of hydrogen-bond donors (Lipinski definition) is 1. The van der Waals surface area contributed by atoms with E-state index in [1.165, 1.54) is 0 Å². The van der Waals surface area contributed by atoms with Crippen LogP contribution < -0.4 is 19.9 Å². The van der Waals surface area contributed by atoms with Gasteiger partial charge in [0.1, 0.15) is 23.3 Å². The van der Waals surface area contributed by atoms with Crippen LogP contribution in [-0.2, 0) is 0 Å². The minimum absolute atomic E-state index is 0.156. The molecule has 7 heteroatoms. The van der Waals surface area contributed by atoms with Gasteiger partial charge in [-0.1, -0.05) is 6.07 Å². The van der Waals surface area contributed by atoms with Crippen LogP contribution in [0.2, 0.25) is 0 Å². The van der Waals surface area contributed by atoms with E-state index in [1.807, 2.05) is 75.6 Å². The summed E-state index contributed by atoms with van der Waals surface area (Å²) < 4.78 is 12.0. The maximum absolute atomic E-state index is 6.45. The van der Waals surface area contributed by atoms with Crippen LogP contribution in [0, 0.1) is 0 Å². The van der Waals surface area contributed by atoms with E-state index in [0.717, 1.165) is 39.9 Å². The Balaban J connectivity index is 1.53. The van der Waals surface area contributed by atoms with E-state index in [1.54, 1.807) is 6.20 Å². The Bertz CT molecular complexity index is 1290. The van der Waals surface area contributed by atoms with Crippen LogP contribution in [0.4, 0.5) is 11.4 Å². The highest BCUT2D eigenvalue weighted by atomic mass is 32.1. The molecule has 35 heavy (non-hydrogen) atoms. The summed E-state index contributed by atoms with van der Waals surface area (Å²) in [6.45, 7) is 2.61. The topological polar surface area (TPSA) is 53.8 Å². The van der Waals surface area contributed by atoms with Gasteiger partial charge in [-0.05, 0) is 91.9 Å². The molecule has 4 aromatic rings. The van der Waals surface area contributed by atoms with Crippen molar-refractivity contribution in [3.8, 4) is 17.1 Å². The van der Waals surface area contributed by atoms with Gasteiger partial charge in [0.05, 0.1) is 18.3 Å². The average Bonchev–Trinajstić information content (AvgIpc) is 3.50. The lowest BCUT2D eigenvalue weighted by molar-refractivity contribution is 0.340. The summed E-state index contributed by atoms with van der Waals surface area (Å²) >= 11 is 5.82. The second-order valence-electron chi connectivity index (χ2n) is 8.57. The molecule has 0 saturated carbocycles. The first-order valence-corrected chi connectivity index (χ1v) is 12.1. The number of nitrogens with zero attached hydrogens (tertiary/aromatic N) is 3. The zero-order valence-electron chi connectivity index (χ0n) is 20.0. The van der Waals surface area contributed by atoms with Crippen molar-refractivity contribution < 1.29 is 9.15 Å². The van der Waals surface area contributed by atoms with Crippen molar-refractivity contribution >= 4 is 28.7 Å². The van der Waals surface area contributed by atoms with E-state index in [0.29, 0.717) is 11.7 Å². The molecule has 0 spiro atoms. The first-order valence-electron chi connectivity index (χ1n) is 11.7. The Labute approximate surface area is 211 Å². The summed E-state index contributed by atoms with van der Waals surface area (Å²) in [6.07, 6.45) is 1.80. The van der Waals surface area contributed by atoms with Crippen molar-refractivity contribution in [3.63, 3.8) is 0 Å². The monoisotopic (exact) mass is 484 g/mol. The molecular formula is C28H28N4O2S. The number of rotatable bonds is 7. The van der Waals surface area contributed by atoms with Crippen LogP contribution in [-0.4, -0.2) is 30.8 Å². The van der Waals surface area contributed by atoms with Crippen molar-refractivity contribution in [1.82, 2.24) is 10.3 Å². The molecule has 1 fully saturated rings. The third kappa shape index (κ3) is 4.59. The zero-order chi connectivity index (χ0) is 24.4. The van der Waals surface area contributed by atoms with Gasteiger partial charge in [-0.2, -0.15) is 0 Å². The second-order valence-corrected chi connectivity index (χ2v) is 8.95. The van der Waals surface area contributed by atoms with E-state index in [2.05, 4.69) is 44.4 Å². The van der Waals surface area contributed by atoms with Gasteiger partial charge >= 0.3 is 0 Å². The highest BCUT2D eigenvalue weighted by Crippen LogP contribution is 2.43.